The SMILES string of the molecule is Cc1c(Cl)cnn1C(C)C(=O)NC(C)C1CC2CCC1C2. The van der Waals surface area contributed by atoms with E-state index in [0.29, 0.717) is 10.9 Å². The third-order valence-electron chi connectivity index (χ3n) is 5.54. The minimum absolute atomic E-state index is 0.0353. The van der Waals surface area contributed by atoms with Gasteiger partial charge in [0.05, 0.1) is 16.9 Å². The van der Waals surface area contributed by atoms with Gasteiger partial charge in [0.15, 0.2) is 0 Å². The molecular formula is C16H24ClN3O. The zero-order valence-corrected chi connectivity index (χ0v) is 13.7. The molecule has 0 saturated heterocycles. The normalized spacial score (nSPS) is 30.4. The molecule has 4 nitrogen and oxygen atoms in total. The van der Waals surface area contributed by atoms with Gasteiger partial charge in [0, 0.05) is 6.04 Å². The van der Waals surface area contributed by atoms with Gasteiger partial charge < -0.3 is 5.32 Å². The number of aromatic nitrogens is 2. The molecule has 0 radical (unpaired) electrons. The van der Waals surface area contributed by atoms with E-state index in [9.17, 15) is 4.79 Å². The molecule has 2 fully saturated rings. The summed E-state index contributed by atoms with van der Waals surface area (Å²) in [6, 6.07) is -0.0693. The van der Waals surface area contributed by atoms with Crippen molar-refractivity contribution < 1.29 is 4.79 Å². The Balaban J connectivity index is 1.62. The first-order valence-corrected chi connectivity index (χ1v) is 8.35. The molecule has 2 aliphatic carbocycles. The van der Waals surface area contributed by atoms with Crippen molar-refractivity contribution in [3.63, 3.8) is 0 Å². The molecule has 5 unspecified atom stereocenters. The number of rotatable bonds is 4. The number of amides is 1. The standard InChI is InChI=1S/C16H24ClN3O/c1-9(14-7-12-4-5-13(14)6-12)19-16(21)11(3)20-10(2)15(17)8-18-20/h8-9,11-14H,4-7H2,1-3H3,(H,19,21). The number of nitrogens with one attached hydrogen (secondary N) is 1. The fourth-order valence-corrected chi connectivity index (χ4v) is 4.39. The lowest BCUT2D eigenvalue weighted by Crippen LogP contribution is -2.43. The number of halogens is 1. The zero-order valence-electron chi connectivity index (χ0n) is 13.0. The molecule has 21 heavy (non-hydrogen) atoms. The second-order valence-corrected chi connectivity index (χ2v) is 7.24. The molecule has 2 aliphatic rings. The largest absolute Gasteiger partial charge is 0.352 e. The minimum Gasteiger partial charge on any atom is -0.352 e. The Labute approximate surface area is 131 Å². The lowest BCUT2D eigenvalue weighted by molar-refractivity contribution is -0.125. The summed E-state index contributed by atoms with van der Waals surface area (Å²) in [5.74, 6) is 2.42. The highest BCUT2D eigenvalue weighted by Gasteiger charge is 2.42. The second-order valence-electron chi connectivity index (χ2n) is 6.83. The van der Waals surface area contributed by atoms with Crippen molar-refractivity contribution in [3.05, 3.63) is 16.9 Å². The van der Waals surface area contributed by atoms with E-state index < -0.39 is 0 Å². The Morgan fingerprint density at radius 1 is 1.43 bits per heavy atom. The van der Waals surface area contributed by atoms with Crippen LogP contribution in [0, 0.1) is 24.7 Å². The van der Waals surface area contributed by atoms with Crippen molar-refractivity contribution in [1.82, 2.24) is 15.1 Å². The summed E-state index contributed by atoms with van der Waals surface area (Å²) in [4.78, 5) is 12.5. The Morgan fingerprint density at radius 2 is 2.19 bits per heavy atom. The number of hydrogen-bond donors (Lipinski definition) is 1. The van der Waals surface area contributed by atoms with Crippen LogP contribution in [0.25, 0.3) is 0 Å². The van der Waals surface area contributed by atoms with Gasteiger partial charge >= 0.3 is 0 Å². The summed E-state index contributed by atoms with van der Waals surface area (Å²) in [5.41, 5.74) is 0.840. The average Bonchev–Trinajstić information content (AvgIpc) is 3.15. The highest BCUT2D eigenvalue weighted by atomic mass is 35.5. The predicted octanol–water partition coefficient (Wildman–Crippen LogP) is 3.35. The fourth-order valence-electron chi connectivity index (χ4n) is 4.26. The Hall–Kier alpha value is -1.03. The second kappa shape index (κ2) is 5.64. The summed E-state index contributed by atoms with van der Waals surface area (Å²) < 4.78 is 1.70. The summed E-state index contributed by atoms with van der Waals surface area (Å²) in [5, 5.41) is 8.01. The van der Waals surface area contributed by atoms with Crippen molar-refractivity contribution >= 4 is 17.5 Å². The van der Waals surface area contributed by atoms with Gasteiger partial charge in [0.1, 0.15) is 6.04 Å². The van der Waals surface area contributed by atoms with Crippen LogP contribution in [0.4, 0.5) is 0 Å². The molecule has 2 bridgehead atoms. The molecule has 2 saturated carbocycles. The fraction of sp³-hybridized carbons (Fsp3) is 0.750. The number of hydrogen-bond acceptors (Lipinski definition) is 2. The van der Waals surface area contributed by atoms with E-state index in [1.54, 1.807) is 10.9 Å². The van der Waals surface area contributed by atoms with E-state index in [2.05, 4.69) is 17.3 Å². The van der Waals surface area contributed by atoms with Crippen LogP contribution in [0.2, 0.25) is 5.02 Å². The molecule has 0 aliphatic heterocycles. The van der Waals surface area contributed by atoms with Crippen molar-refractivity contribution in [2.75, 3.05) is 0 Å². The predicted molar refractivity (Wildman–Crippen MR) is 83.2 cm³/mol. The Morgan fingerprint density at radius 3 is 2.71 bits per heavy atom. The molecule has 1 N–H and O–H groups in total. The lowest BCUT2D eigenvalue weighted by Gasteiger charge is -2.29. The van der Waals surface area contributed by atoms with E-state index in [1.165, 1.54) is 25.7 Å². The monoisotopic (exact) mass is 309 g/mol. The van der Waals surface area contributed by atoms with E-state index in [4.69, 9.17) is 11.6 Å². The molecule has 3 rings (SSSR count). The topological polar surface area (TPSA) is 46.9 Å². The van der Waals surface area contributed by atoms with Gasteiger partial charge in [-0.15, -0.1) is 0 Å². The van der Waals surface area contributed by atoms with Crippen LogP contribution >= 0.6 is 11.6 Å². The van der Waals surface area contributed by atoms with Gasteiger partial charge in [-0.1, -0.05) is 18.0 Å². The number of fused-ring (bicyclic) bond motifs is 2. The first kappa shape index (κ1) is 14.9. The first-order valence-electron chi connectivity index (χ1n) is 7.97. The summed E-state index contributed by atoms with van der Waals surface area (Å²) >= 11 is 6.02. The minimum atomic E-state index is -0.321. The molecule has 5 heteroatoms. The van der Waals surface area contributed by atoms with Crippen LogP contribution < -0.4 is 5.32 Å². The van der Waals surface area contributed by atoms with Gasteiger partial charge in [-0.2, -0.15) is 5.10 Å². The highest BCUT2D eigenvalue weighted by Crippen LogP contribution is 2.49. The third-order valence-corrected chi connectivity index (χ3v) is 5.91. The summed E-state index contributed by atoms with van der Waals surface area (Å²) in [6.07, 6.45) is 6.99. The molecular weight excluding hydrogens is 286 g/mol. The lowest BCUT2D eigenvalue weighted by atomic mass is 9.84. The van der Waals surface area contributed by atoms with Crippen LogP contribution in [0.15, 0.2) is 6.20 Å². The Bertz CT molecular complexity index is 542. The maximum absolute atomic E-state index is 12.5. The first-order chi connectivity index (χ1) is 9.97. The van der Waals surface area contributed by atoms with Crippen LogP contribution in [0.1, 0.15) is 51.3 Å². The molecule has 5 atom stereocenters. The Kier molecular flexibility index (Phi) is 4.00. The van der Waals surface area contributed by atoms with Crippen molar-refractivity contribution in [2.24, 2.45) is 17.8 Å². The molecule has 116 valence electrons. The molecule has 0 aromatic carbocycles. The van der Waals surface area contributed by atoms with E-state index in [1.807, 2.05) is 13.8 Å². The molecule has 1 heterocycles. The van der Waals surface area contributed by atoms with E-state index in [0.717, 1.165) is 17.5 Å². The molecule has 0 spiro atoms. The van der Waals surface area contributed by atoms with Gasteiger partial charge in [0.2, 0.25) is 5.91 Å². The quantitative estimate of drug-likeness (QED) is 0.927. The highest BCUT2D eigenvalue weighted by molar-refractivity contribution is 6.31. The summed E-state index contributed by atoms with van der Waals surface area (Å²) in [7, 11) is 0. The van der Waals surface area contributed by atoms with Crippen molar-refractivity contribution in [2.45, 2.75) is 58.5 Å². The number of nitrogens with zero attached hydrogens (tertiary/aromatic N) is 2. The van der Waals surface area contributed by atoms with Crippen LogP contribution in [-0.2, 0) is 4.79 Å². The van der Waals surface area contributed by atoms with Crippen LogP contribution in [-0.4, -0.2) is 21.7 Å². The smallest absolute Gasteiger partial charge is 0.244 e. The van der Waals surface area contributed by atoms with Gasteiger partial charge in [-0.25, -0.2) is 0 Å². The summed E-state index contributed by atoms with van der Waals surface area (Å²) in [6.45, 7) is 5.91. The van der Waals surface area contributed by atoms with Gasteiger partial charge in [-0.3, -0.25) is 9.48 Å². The van der Waals surface area contributed by atoms with Crippen LogP contribution in [0.5, 0.6) is 0 Å². The average molecular weight is 310 g/mol. The van der Waals surface area contributed by atoms with E-state index in [-0.39, 0.29) is 18.0 Å². The van der Waals surface area contributed by atoms with E-state index >= 15 is 0 Å². The zero-order chi connectivity index (χ0) is 15.1. The third kappa shape index (κ3) is 2.70. The molecule has 1 aromatic heterocycles. The maximum Gasteiger partial charge on any atom is 0.244 e. The van der Waals surface area contributed by atoms with Crippen molar-refractivity contribution in [3.8, 4) is 0 Å². The number of carbonyl (C=O) groups excluding carboxylic acids is 1. The maximum atomic E-state index is 12.5. The molecule has 1 amide bonds. The molecule has 1 aromatic rings. The van der Waals surface area contributed by atoms with Crippen molar-refractivity contribution in [1.29, 1.82) is 0 Å². The number of carbonyl (C=O) groups is 1. The van der Waals surface area contributed by atoms with Gasteiger partial charge in [0.25, 0.3) is 0 Å². The van der Waals surface area contributed by atoms with Crippen LogP contribution in [0.3, 0.4) is 0 Å². The van der Waals surface area contributed by atoms with Gasteiger partial charge in [-0.05, 0) is 57.8 Å².